The van der Waals surface area contributed by atoms with Gasteiger partial charge in [-0.2, -0.15) is 4.31 Å². The van der Waals surface area contributed by atoms with E-state index in [0.717, 1.165) is 43.9 Å². The van der Waals surface area contributed by atoms with E-state index in [1.165, 1.54) is 0 Å². The Morgan fingerprint density at radius 3 is 2.31 bits per heavy atom. The predicted molar refractivity (Wildman–Crippen MR) is 127 cm³/mol. The van der Waals surface area contributed by atoms with Crippen molar-refractivity contribution in [2.45, 2.75) is 37.2 Å². The number of hydrogen-bond acceptors (Lipinski definition) is 3. The lowest BCUT2D eigenvalue weighted by Gasteiger charge is -2.25. The molecule has 1 saturated heterocycles. The maximum absolute atomic E-state index is 12.7. The van der Waals surface area contributed by atoms with Crippen molar-refractivity contribution in [3.05, 3.63) is 54.4 Å². The Labute approximate surface area is 190 Å². The first-order chi connectivity index (χ1) is 13.6. The van der Waals surface area contributed by atoms with Gasteiger partial charge in [0.05, 0.1) is 4.90 Å². The quantitative estimate of drug-likeness (QED) is 0.327. The molecule has 0 atom stereocenters. The summed E-state index contributed by atoms with van der Waals surface area (Å²) in [6, 6.07) is 11.1. The first-order valence-electron chi connectivity index (χ1n) is 9.74. The zero-order valence-corrected chi connectivity index (χ0v) is 19.9. The molecular weight excluding hydrogens is 501 g/mol. The second-order valence-electron chi connectivity index (χ2n) is 6.88. The highest BCUT2D eigenvalue weighted by Gasteiger charge is 2.25. The molecular formula is C20H30IN5O2S. The van der Waals surface area contributed by atoms with Crippen LogP contribution in [0.3, 0.4) is 0 Å². The van der Waals surface area contributed by atoms with E-state index in [4.69, 9.17) is 0 Å². The second kappa shape index (κ2) is 11.6. The molecule has 160 valence electrons. The van der Waals surface area contributed by atoms with Crippen LogP contribution in [0.5, 0.6) is 0 Å². The molecule has 1 aromatic heterocycles. The molecule has 0 unspecified atom stereocenters. The third-order valence-electron chi connectivity index (χ3n) is 4.89. The van der Waals surface area contributed by atoms with Crippen molar-refractivity contribution in [1.82, 2.24) is 19.5 Å². The summed E-state index contributed by atoms with van der Waals surface area (Å²) < 4.78 is 29.1. The average molecular weight is 531 g/mol. The zero-order chi connectivity index (χ0) is 19.8. The standard InChI is InChI=1S/C20H29N5O2S.HI/c1-21-20(22-11-16-24-12-5-6-13-24)23-17-18-7-9-19(10-8-18)28(26,27)25-14-3-2-4-15-25;/h5-10,12-13H,2-4,11,14-17H2,1H3,(H2,21,22,23);1H. The summed E-state index contributed by atoms with van der Waals surface area (Å²) in [6.45, 7) is 3.44. The Morgan fingerprint density at radius 1 is 1.03 bits per heavy atom. The molecule has 1 aliphatic rings. The third-order valence-corrected chi connectivity index (χ3v) is 6.80. The third kappa shape index (κ3) is 6.71. The molecule has 29 heavy (non-hydrogen) atoms. The Bertz CT molecular complexity index is 861. The summed E-state index contributed by atoms with van der Waals surface area (Å²) in [5, 5.41) is 6.53. The van der Waals surface area contributed by atoms with Crippen molar-refractivity contribution in [3.8, 4) is 0 Å². The fourth-order valence-corrected chi connectivity index (χ4v) is 4.78. The lowest BCUT2D eigenvalue weighted by Crippen LogP contribution is -2.38. The molecule has 0 spiro atoms. The summed E-state index contributed by atoms with van der Waals surface area (Å²) >= 11 is 0. The maximum Gasteiger partial charge on any atom is 0.243 e. The molecule has 0 saturated carbocycles. The Hall–Kier alpha value is -1.59. The smallest absolute Gasteiger partial charge is 0.243 e. The van der Waals surface area contributed by atoms with E-state index in [0.29, 0.717) is 24.5 Å². The number of benzene rings is 1. The number of hydrogen-bond donors (Lipinski definition) is 2. The number of nitrogens with one attached hydrogen (secondary N) is 2. The molecule has 2 N–H and O–H groups in total. The minimum atomic E-state index is -3.37. The van der Waals surface area contributed by atoms with Crippen LogP contribution in [0.15, 0.2) is 58.7 Å². The van der Waals surface area contributed by atoms with Gasteiger partial charge >= 0.3 is 0 Å². The van der Waals surface area contributed by atoms with Crippen LogP contribution in [0.4, 0.5) is 0 Å². The first-order valence-corrected chi connectivity index (χ1v) is 11.2. The van der Waals surface area contributed by atoms with Crippen LogP contribution >= 0.6 is 24.0 Å². The predicted octanol–water partition coefficient (Wildman–Crippen LogP) is 2.65. The molecule has 0 aliphatic carbocycles. The monoisotopic (exact) mass is 531 g/mol. The van der Waals surface area contributed by atoms with Crippen LogP contribution < -0.4 is 10.6 Å². The van der Waals surface area contributed by atoms with Crippen molar-refractivity contribution in [1.29, 1.82) is 0 Å². The molecule has 0 amide bonds. The van der Waals surface area contributed by atoms with E-state index in [1.54, 1.807) is 23.5 Å². The maximum atomic E-state index is 12.7. The fraction of sp³-hybridized carbons (Fsp3) is 0.450. The highest BCUT2D eigenvalue weighted by atomic mass is 127. The van der Waals surface area contributed by atoms with E-state index in [9.17, 15) is 8.42 Å². The van der Waals surface area contributed by atoms with Gasteiger partial charge in [0.25, 0.3) is 0 Å². The van der Waals surface area contributed by atoms with Gasteiger partial charge in [0.1, 0.15) is 0 Å². The largest absolute Gasteiger partial charge is 0.355 e. The Balaban J connectivity index is 0.00000300. The van der Waals surface area contributed by atoms with E-state index >= 15 is 0 Å². The van der Waals surface area contributed by atoms with Gasteiger partial charge in [-0.1, -0.05) is 18.6 Å². The van der Waals surface area contributed by atoms with Gasteiger partial charge < -0.3 is 15.2 Å². The minimum Gasteiger partial charge on any atom is -0.355 e. The van der Waals surface area contributed by atoms with Gasteiger partial charge in [0, 0.05) is 52.2 Å². The van der Waals surface area contributed by atoms with Gasteiger partial charge in [-0.15, -0.1) is 24.0 Å². The molecule has 2 heterocycles. The fourth-order valence-electron chi connectivity index (χ4n) is 3.26. The number of guanidine groups is 1. The van der Waals surface area contributed by atoms with Crippen LogP contribution in [-0.2, 0) is 23.1 Å². The average Bonchev–Trinajstić information content (AvgIpc) is 3.25. The van der Waals surface area contributed by atoms with Crippen molar-refractivity contribution in [2.24, 2.45) is 4.99 Å². The number of aliphatic imine (C=N–C) groups is 1. The van der Waals surface area contributed by atoms with Crippen molar-refractivity contribution >= 4 is 40.0 Å². The highest BCUT2D eigenvalue weighted by molar-refractivity contribution is 14.0. The lowest BCUT2D eigenvalue weighted by molar-refractivity contribution is 0.346. The number of rotatable bonds is 7. The van der Waals surface area contributed by atoms with Gasteiger partial charge in [-0.25, -0.2) is 8.42 Å². The highest BCUT2D eigenvalue weighted by Crippen LogP contribution is 2.20. The number of halogens is 1. The van der Waals surface area contributed by atoms with Crippen LogP contribution in [0, 0.1) is 0 Å². The molecule has 9 heteroatoms. The lowest BCUT2D eigenvalue weighted by atomic mass is 10.2. The molecule has 1 aliphatic heterocycles. The Kier molecular flexibility index (Phi) is 9.44. The molecule has 0 bridgehead atoms. The van der Waals surface area contributed by atoms with E-state index in [2.05, 4.69) is 20.2 Å². The molecule has 2 aromatic rings. The number of nitrogens with zero attached hydrogens (tertiary/aromatic N) is 3. The number of piperidine rings is 1. The summed E-state index contributed by atoms with van der Waals surface area (Å²) in [5.74, 6) is 0.720. The Morgan fingerprint density at radius 2 is 1.69 bits per heavy atom. The topological polar surface area (TPSA) is 78.7 Å². The van der Waals surface area contributed by atoms with Gasteiger partial charge in [-0.05, 0) is 42.7 Å². The molecule has 0 radical (unpaired) electrons. The van der Waals surface area contributed by atoms with Crippen LogP contribution in [0.2, 0.25) is 0 Å². The van der Waals surface area contributed by atoms with Gasteiger partial charge in [-0.3, -0.25) is 4.99 Å². The van der Waals surface area contributed by atoms with Crippen molar-refractivity contribution in [3.63, 3.8) is 0 Å². The second-order valence-corrected chi connectivity index (χ2v) is 8.82. The molecule has 3 rings (SSSR count). The summed E-state index contributed by atoms with van der Waals surface area (Å²) in [6.07, 6.45) is 7.04. The molecule has 1 fully saturated rings. The van der Waals surface area contributed by atoms with Crippen LogP contribution in [0.1, 0.15) is 24.8 Å². The summed E-state index contributed by atoms with van der Waals surface area (Å²) in [4.78, 5) is 4.59. The first kappa shape index (κ1) is 23.7. The minimum absolute atomic E-state index is 0. The van der Waals surface area contributed by atoms with E-state index in [-0.39, 0.29) is 24.0 Å². The van der Waals surface area contributed by atoms with Crippen LogP contribution in [0.25, 0.3) is 0 Å². The zero-order valence-electron chi connectivity index (χ0n) is 16.8. The molecule has 7 nitrogen and oxygen atoms in total. The van der Waals surface area contributed by atoms with E-state index < -0.39 is 10.0 Å². The SMILES string of the molecule is CN=C(NCCn1cccc1)NCc1ccc(S(=O)(=O)N2CCCCC2)cc1.I. The van der Waals surface area contributed by atoms with Crippen molar-refractivity contribution < 1.29 is 8.42 Å². The van der Waals surface area contributed by atoms with Crippen molar-refractivity contribution in [2.75, 3.05) is 26.7 Å². The van der Waals surface area contributed by atoms with E-state index in [1.807, 2.05) is 36.7 Å². The van der Waals surface area contributed by atoms with Gasteiger partial charge in [0.2, 0.25) is 10.0 Å². The van der Waals surface area contributed by atoms with Gasteiger partial charge in [0.15, 0.2) is 5.96 Å². The number of sulfonamides is 1. The number of aromatic nitrogens is 1. The summed E-state index contributed by atoms with van der Waals surface area (Å²) in [7, 11) is -1.64. The normalized spacial score (nSPS) is 15.6. The van der Waals surface area contributed by atoms with Crippen LogP contribution in [-0.4, -0.2) is 49.9 Å². The summed E-state index contributed by atoms with van der Waals surface area (Å²) in [5.41, 5.74) is 1.01. The molecule has 1 aromatic carbocycles.